The minimum absolute atomic E-state index is 0.176. The fourth-order valence-electron chi connectivity index (χ4n) is 4.07. The number of carbonyl (C=O) groups is 1. The smallest absolute Gasteiger partial charge is 0.137 e. The third kappa shape index (κ3) is 2.54. The van der Waals surface area contributed by atoms with Gasteiger partial charge in [-0.2, -0.15) is 0 Å². The second-order valence-electron chi connectivity index (χ2n) is 6.56. The maximum absolute atomic E-state index is 12.5. The minimum atomic E-state index is 0.176. The Bertz CT molecular complexity index is 471. The van der Waals surface area contributed by atoms with Gasteiger partial charge in [-0.1, -0.05) is 36.8 Å². The first-order valence-corrected chi connectivity index (χ1v) is 8.01. The fourth-order valence-corrected chi connectivity index (χ4v) is 4.07. The average Bonchev–Trinajstić information content (AvgIpc) is 2.77. The Kier molecular flexibility index (Phi) is 3.93. The van der Waals surface area contributed by atoms with Crippen molar-refractivity contribution in [2.75, 3.05) is 6.54 Å². The molecular weight excluding hydrogens is 246 g/mol. The normalized spacial score (nSPS) is 32.9. The van der Waals surface area contributed by atoms with Crippen LogP contribution >= 0.6 is 0 Å². The molecule has 0 amide bonds. The molecule has 2 unspecified atom stereocenters. The number of Topliss-reactive ketones (excluding diaryl/α,β-unsaturated/α-hetero) is 1. The van der Waals surface area contributed by atoms with E-state index in [-0.39, 0.29) is 5.92 Å². The van der Waals surface area contributed by atoms with Crippen LogP contribution in [0.25, 0.3) is 0 Å². The molecule has 20 heavy (non-hydrogen) atoms. The Labute approximate surface area is 122 Å². The predicted octanol–water partition coefficient (Wildman–Crippen LogP) is 3.45. The van der Waals surface area contributed by atoms with Crippen molar-refractivity contribution < 1.29 is 4.79 Å². The van der Waals surface area contributed by atoms with E-state index in [2.05, 4.69) is 36.5 Å². The number of piperidine rings is 1. The largest absolute Gasteiger partial charge is 0.313 e. The molecule has 1 N–H and O–H groups in total. The zero-order valence-electron chi connectivity index (χ0n) is 12.6. The van der Waals surface area contributed by atoms with Crippen LogP contribution in [-0.4, -0.2) is 18.4 Å². The van der Waals surface area contributed by atoms with Crippen LogP contribution in [-0.2, 0) is 4.79 Å². The molecule has 3 fully saturated rings. The summed E-state index contributed by atoms with van der Waals surface area (Å²) in [5, 5.41) is 3.64. The molecule has 4 atom stereocenters. The minimum Gasteiger partial charge on any atom is -0.313 e. The molecule has 1 aromatic rings. The summed E-state index contributed by atoms with van der Waals surface area (Å²) in [6.45, 7) is 5.23. The van der Waals surface area contributed by atoms with Crippen LogP contribution in [0.15, 0.2) is 24.3 Å². The lowest BCUT2D eigenvalue weighted by Gasteiger charge is -2.30. The van der Waals surface area contributed by atoms with Gasteiger partial charge in [0.25, 0.3) is 0 Å². The summed E-state index contributed by atoms with van der Waals surface area (Å²) in [5.41, 5.74) is 2.66. The van der Waals surface area contributed by atoms with E-state index in [1.807, 2.05) is 6.92 Å². The predicted molar refractivity (Wildman–Crippen MR) is 81.8 cm³/mol. The summed E-state index contributed by atoms with van der Waals surface area (Å²) < 4.78 is 0. The summed E-state index contributed by atoms with van der Waals surface area (Å²) >= 11 is 0. The summed E-state index contributed by atoms with van der Waals surface area (Å²) in [6.07, 6.45) is 4.29. The fraction of sp³-hybridized carbons (Fsp3) is 0.611. The lowest BCUT2D eigenvalue weighted by Crippen LogP contribution is -2.43. The highest BCUT2D eigenvalue weighted by Gasteiger charge is 2.41. The van der Waals surface area contributed by atoms with Gasteiger partial charge in [-0.15, -0.1) is 0 Å². The van der Waals surface area contributed by atoms with Gasteiger partial charge >= 0.3 is 0 Å². The highest BCUT2D eigenvalue weighted by Crippen LogP contribution is 2.42. The Morgan fingerprint density at radius 1 is 1.25 bits per heavy atom. The van der Waals surface area contributed by atoms with Gasteiger partial charge in [-0.25, -0.2) is 0 Å². The molecule has 1 saturated carbocycles. The molecule has 0 radical (unpaired) electrons. The molecule has 1 aromatic carbocycles. The van der Waals surface area contributed by atoms with Crippen LogP contribution in [0.1, 0.15) is 49.7 Å². The maximum atomic E-state index is 12.5. The number of carbonyl (C=O) groups excluding carboxylic acids is 1. The molecule has 0 spiro atoms. The standard InChI is InChI=1S/C18H25NO/c1-3-17(20)18-15(14-7-4-12(2)5-8-14)10-13-6-9-16(18)19-11-13/h4-5,7-8,13,15-16,18-19H,3,6,9-11H2,1-2H3/t13?,15-,16?,18-/m0/s1. The SMILES string of the molecule is CCC(=O)[C@@H]1C2CCC(CN2)C[C@H]1c1ccc(C)cc1. The van der Waals surface area contributed by atoms with Crippen molar-refractivity contribution in [1.29, 1.82) is 0 Å². The number of aryl methyl sites for hydroxylation is 1. The molecule has 2 heteroatoms. The van der Waals surface area contributed by atoms with E-state index in [1.54, 1.807) is 0 Å². The number of rotatable bonds is 3. The van der Waals surface area contributed by atoms with Crippen LogP contribution in [0.3, 0.4) is 0 Å². The van der Waals surface area contributed by atoms with E-state index in [0.717, 1.165) is 12.5 Å². The maximum Gasteiger partial charge on any atom is 0.137 e. The van der Waals surface area contributed by atoms with Gasteiger partial charge in [0.15, 0.2) is 0 Å². The van der Waals surface area contributed by atoms with Crippen molar-refractivity contribution in [3.63, 3.8) is 0 Å². The zero-order chi connectivity index (χ0) is 14.1. The highest BCUT2D eigenvalue weighted by molar-refractivity contribution is 5.82. The van der Waals surface area contributed by atoms with Crippen molar-refractivity contribution in [2.45, 2.75) is 51.5 Å². The number of hydrogen-bond acceptors (Lipinski definition) is 2. The molecule has 0 aromatic heterocycles. The van der Waals surface area contributed by atoms with Crippen LogP contribution < -0.4 is 5.32 Å². The van der Waals surface area contributed by atoms with Gasteiger partial charge < -0.3 is 5.32 Å². The van der Waals surface area contributed by atoms with Gasteiger partial charge in [0.1, 0.15) is 5.78 Å². The number of benzene rings is 1. The number of fused-ring (bicyclic) bond motifs is 4. The zero-order valence-corrected chi connectivity index (χ0v) is 12.6. The summed E-state index contributed by atoms with van der Waals surface area (Å²) in [5.74, 6) is 1.77. The molecule has 1 aliphatic carbocycles. The second-order valence-corrected chi connectivity index (χ2v) is 6.56. The second kappa shape index (κ2) is 5.69. The van der Waals surface area contributed by atoms with Crippen LogP contribution in [0.2, 0.25) is 0 Å². The van der Waals surface area contributed by atoms with Crippen LogP contribution in [0.4, 0.5) is 0 Å². The summed E-state index contributed by atoms with van der Waals surface area (Å²) in [4.78, 5) is 12.5. The first-order chi connectivity index (χ1) is 9.69. The third-order valence-corrected chi connectivity index (χ3v) is 5.23. The monoisotopic (exact) mass is 271 g/mol. The summed E-state index contributed by atoms with van der Waals surface area (Å²) in [7, 11) is 0. The third-order valence-electron chi connectivity index (χ3n) is 5.23. The Balaban J connectivity index is 1.96. The van der Waals surface area contributed by atoms with Crippen molar-refractivity contribution in [3.8, 4) is 0 Å². The molecule has 2 aliphatic heterocycles. The van der Waals surface area contributed by atoms with Crippen molar-refractivity contribution in [2.24, 2.45) is 11.8 Å². The first kappa shape index (κ1) is 13.8. The molecule has 2 bridgehead atoms. The van der Waals surface area contributed by atoms with E-state index in [9.17, 15) is 4.79 Å². The van der Waals surface area contributed by atoms with Crippen molar-refractivity contribution in [1.82, 2.24) is 5.32 Å². The van der Waals surface area contributed by atoms with Crippen LogP contribution in [0.5, 0.6) is 0 Å². The Morgan fingerprint density at radius 3 is 2.60 bits per heavy atom. The van der Waals surface area contributed by atoms with Crippen LogP contribution in [0, 0.1) is 18.8 Å². The van der Waals surface area contributed by atoms with Gasteiger partial charge in [0.05, 0.1) is 0 Å². The topological polar surface area (TPSA) is 29.1 Å². The molecule has 4 rings (SSSR count). The van der Waals surface area contributed by atoms with E-state index in [4.69, 9.17) is 0 Å². The Hall–Kier alpha value is -1.15. The average molecular weight is 271 g/mol. The lowest BCUT2D eigenvalue weighted by atomic mass is 9.77. The number of ketones is 1. The van der Waals surface area contributed by atoms with Gasteiger partial charge in [0, 0.05) is 18.4 Å². The van der Waals surface area contributed by atoms with Crippen molar-refractivity contribution in [3.05, 3.63) is 35.4 Å². The molecule has 108 valence electrons. The number of hydrogen-bond donors (Lipinski definition) is 1. The van der Waals surface area contributed by atoms with E-state index < -0.39 is 0 Å². The van der Waals surface area contributed by atoms with Gasteiger partial charge in [0.2, 0.25) is 0 Å². The molecule has 2 heterocycles. The lowest BCUT2D eigenvalue weighted by molar-refractivity contribution is -0.124. The van der Waals surface area contributed by atoms with E-state index in [0.29, 0.717) is 24.2 Å². The first-order valence-electron chi connectivity index (χ1n) is 8.01. The van der Waals surface area contributed by atoms with Gasteiger partial charge in [-0.3, -0.25) is 4.79 Å². The number of nitrogens with one attached hydrogen (secondary N) is 1. The molecular formula is C18H25NO. The molecule has 3 aliphatic rings. The quantitative estimate of drug-likeness (QED) is 0.912. The van der Waals surface area contributed by atoms with Gasteiger partial charge in [-0.05, 0) is 50.1 Å². The van der Waals surface area contributed by atoms with E-state index in [1.165, 1.54) is 30.4 Å². The molecule has 2 nitrogen and oxygen atoms in total. The highest BCUT2D eigenvalue weighted by atomic mass is 16.1. The van der Waals surface area contributed by atoms with Crippen molar-refractivity contribution >= 4 is 5.78 Å². The Morgan fingerprint density at radius 2 is 2.00 bits per heavy atom. The summed E-state index contributed by atoms with van der Waals surface area (Å²) in [6, 6.07) is 9.24. The van der Waals surface area contributed by atoms with E-state index >= 15 is 0 Å². The molecule has 2 saturated heterocycles.